The molecule has 2 aliphatic carbocycles. The molecule has 3 aliphatic rings. The van der Waals surface area contributed by atoms with Crippen LogP contribution in [0, 0.1) is 17.8 Å². The van der Waals surface area contributed by atoms with E-state index in [2.05, 4.69) is 46.6 Å². The minimum Gasteiger partial charge on any atom is -0.389 e. The second-order valence-electron chi connectivity index (χ2n) is 9.40. The summed E-state index contributed by atoms with van der Waals surface area (Å²) in [7, 11) is 2.02. The highest BCUT2D eigenvalue weighted by molar-refractivity contribution is 5.16. The van der Waals surface area contributed by atoms with Gasteiger partial charge in [0, 0.05) is 13.5 Å². The van der Waals surface area contributed by atoms with Crippen molar-refractivity contribution in [1.82, 2.24) is 10.2 Å². The second-order valence-corrected chi connectivity index (χ2v) is 9.40. The maximum absolute atomic E-state index is 6.06. The molecule has 1 saturated carbocycles. The van der Waals surface area contributed by atoms with Gasteiger partial charge in [0.25, 0.3) is 0 Å². The Kier molecular flexibility index (Phi) is 4.21. The Labute approximate surface area is 141 Å². The molecule has 23 heavy (non-hydrogen) atoms. The molecule has 0 amide bonds. The van der Waals surface area contributed by atoms with Gasteiger partial charge in [-0.2, -0.15) is 0 Å². The Morgan fingerprint density at radius 2 is 1.65 bits per heavy atom. The highest BCUT2D eigenvalue weighted by atomic mass is 16.7. The summed E-state index contributed by atoms with van der Waals surface area (Å²) >= 11 is 0. The van der Waals surface area contributed by atoms with Gasteiger partial charge in [-0.25, -0.2) is 0 Å². The quantitative estimate of drug-likeness (QED) is 0.755. The lowest BCUT2D eigenvalue weighted by molar-refractivity contribution is -0.224. The van der Waals surface area contributed by atoms with E-state index in [1.54, 1.807) is 0 Å². The number of nitrogens with zero attached hydrogens (tertiary/aromatic N) is 2. The molecule has 0 aromatic heterocycles. The van der Waals surface area contributed by atoms with Gasteiger partial charge in [-0.05, 0) is 78.6 Å². The first kappa shape index (κ1) is 17.1. The summed E-state index contributed by atoms with van der Waals surface area (Å²) in [4.78, 5) is 6.06. The lowest BCUT2D eigenvalue weighted by Crippen LogP contribution is -2.46. The van der Waals surface area contributed by atoms with Gasteiger partial charge < -0.3 is 9.57 Å². The Bertz CT molecular complexity index is 487. The summed E-state index contributed by atoms with van der Waals surface area (Å²) in [5.74, 6) is 3.64. The van der Waals surface area contributed by atoms with Crippen LogP contribution in [0.25, 0.3) is 0 Å². The molecule has 3 atom stereocenters. The van der Waals surface area contributed by atoms with Crippen molar-refractivity contribution in [3.05, 3.63) is 11.5 Å². The minimum absolute atomic E-state index is 0.0211. The van der Waals surface area contributed by atoms with Crippen LogP contribution in [0.4, 0.5) is 0 Å². The molecule has 3 rings (SSSR count). The fourth-order valence-electron chi connectivity index (χ4n) is 4.38. The Morgan fingerprint density at radius 1 is 1.04 bits per heavy atom. The molecule has 0 radical (unpaired) electrons. The van der Waals surface area contributed by atoms with Crippen LogP contribution in [0.5, 0.6) is 0 Å². The summed E-state index contributed by atoms with van der Waals surface area (Å²) in [6.45, 7) is 14.1. The number of rotatable bonds is 2. The van der Waals surface area contributed by atoms with E-state index in [0.717, 1.165) is 37.2 Å². The number of hydrogen-bond acceptors (Lipinski definition) is 4. The fraction of sp³-hybridized carbons (Fsp3) is 0.895. The molecule has 1 aliphatic heterocycles. The van der Waals surface area contributed by atoms with Crippen LogP contribution in [0.1, 0.15) is 67.2 Å². The second kappa shape index (κ2) is 5.66. The molecular weight excluding hydrogens is 288 g/mol. The van der Waals surface area contributed by atoms with E-state index in [1.165, 1.54) is 24.3 Å². The Balaban J connectivity index is 1.64. The summed E-state index contributed by atoms with van der Waals surface area (Å²) in [6.07, 6.45) is 4.71. The van der Waals surface area contributed by atoms with Crippen LogP contribution in [0.3, 0.4) is 0 Å². The predicted octanol–water partition coefficient (Wildman–Crippen LogP) is 4.34. The van der Waals surface area contributed by atoms with Gasteiger partial charge in [-0.15, -0.1) is 0 Å². The van der Waals surface area contributed by atoms with Crippen LogP contribution >= 0.6 is 0 Å². The number of allylic oxidation sites excluding steroid dienone is 2. The molecule has 132 valence electrons. The van der Waals surface area contributed by atoms with Gasteiger partial charge in [0.05, 0.1) is 23.4 Å². The normalized spacial score (nSPS) is 32.1. The third-order valence-electron chi connectivity index (χ3n) is 5.37. The van der Waals surface area contributed by atoms with Crippen LogP contribution in [0.2, 0.25) is 0 Å². The molecule has 0 aromatic carbocycles. The zero-order valence-electron chi connectivity index (χ0n) is 16.0. The first-order chi connectivity index (χ1) is 10.6. The van der Waals surface area contributed by atoms with Crippen molar-refractivity contribution in [3.63, 3.8) is 0 Å². The first-order valence-electron chi connectivity index (χ1n) is 9.16. The molecular formula is C19H34N2O2. The molecule has 3 unspecified atom stereocenters. The molecule has 0 spiro atoms. The van der Waals surface area contributed by atoms with Gasteiger partial charge >= 0.3 is 0 Å². The predicted molar refractivity (Wildman–Crippen MR) is 92.1 cm³/mol. The van der Waals surface area contributed by atoms with Crippen molar-refractivity contribution < 1.29 is 9.57 Å². The lowest BCUT2D eigenvalue weighted by Gasteiger charge is -2.38. The topological polar surface area (TPSA) is 24.9 Å². The first-order valence-corrected chi connectivity index (χ1v) is 9.16. The Hall–Kier alpha value is -0.740. The fourth-order valence-corrected chi connectivity index (χ4v) is 4.38. The van der Waals surface area contributed by atoms with Crippen molar-refractivity contribution in [2.75, 3.05) is 13.7 Å². The maximum Gasteiger partial charge on any atom is 0.147 e. The van der Waals surface area contributed by atoms with Crippen molar-refractivity contribution >= 4 is 0 Å². The van der Waals surface area contributed by atoms with E-state index in [9.17, 15) is 0 Å². The molecule has 0 aromatic rings. The summed E-state index contributed by atoms with van der Waals surface area (Å²) in [5.41, 5.74) is 1.44. The number of hydroxylamine groups is 1. The van der Waals surface area contributed by atoms with Gasteiger partial charge in [0.15, 0.2) is 0 Å². The van der Waals surface area contributed by atoms with E-state index >= 15 is 0 Å². The van der Waals surface area contributed by atoms with E-state index in [1.807, 2.05) is 12.2 Å². The van der Waals surface area contributed by atoms with E-state index in [4.69, 9.17) is 9.57 Å². The SMILES string of the molecule is CN1OC2=C(CCC3C(CC2)C3COC(C)(C)C)N1C(C)(C)C. The van der Waals surface area contributed by atoms with Crippen molar-refractivity contribution in [1.29, 1.82) is 0 Å². The number of hydrogen-bond donors (Lipinski definition) is 0. The third-order valence-corrected chi connectivity index (χ3v) is 5.37. The van der Waals surface area contributed by atoms with Crippen LogP contribution < -0.4 is 0 Å². The molecule has 0 N–H and O–H groups in total. The zero-order valence-corrected chi connectivity index (χ0v) is 16.0. The standard InChI is InChI=1S/C19H34N2O2/c1-18(2,3)21-16-10-8-13-14(9-11-17(16)23-20(21)7)15(13)12-22-19(4,5)6/h13-15H,8-12H2,1-7H3. The Morgan fingerprint density at radius 3 is 2.22 bits per heavy atom. The van der Waals surface area contributed by atoms with Gasteiger partial charge in [-0.1, -0.05) is 5.17 Å². The molecule has 1 heterocycles. The molecule has 1 fully saturated rings. The van der Waals surface area contributed by atoms with Crippen molar-refractivity contribution in [3.8, 4) is 0 Å². The van der Waals surface area contributed by atoms with Crippen LogP contribution in [0.15, 0.2) is 11.5 Å². The van der Waals surface area contributed by atoms with E-state index < -0.39 is 0 Å². The van der Waals surface area contributed by atoms with E-state index in [0.29, 0.717) is 0 Å². The van der Waals surface area contributed by atoms with Crippen LogP contribution in [-0.2, 0) is 9.57 Å². The molecule has 4 nitrogen and oxygen atoms in total. The largest absolute Gasteiger partial charge is 0.389 e. The average molecular weight is 322 g/mol. The lowest BCUT2D eigenvalue weighted by atomic mass is 10.00. The van der Waals surface area contributed by atoms with Gasteiger partial charge in [-0.3, -0.25) is 5.01 Å². The number of hydrazine groups is 1. The smallest absolute Gasteiger partial charge is 0.147 e. The monoisotopic (exact) mass is 322 g/mol. The average Bonchev–Trinajstić information content (AvgIpc) is 2.92. The van der Waals surface area contributed by atoms with Crippen molar-refractivity contribution in [2.24, 2.45) is 17.8 Å². The number of ether oxygens (including phenoxy) is 1. The summed E-state index contributed by atoms with van der Waals surface area (Å²) < 4.78 is 6.05. The molecule has 0 bridgehead atoms. The van der Waals surface area contributed by atoms with Crippen LogP contribution in [-0.4, -0.2) is 35.0 Å². The van der Waals surface area contributed by atoms with Crippen molar-refractivity contribution in [2.45, 2.75) is 78.4 Å². The van der Waals surface area contributed by atoms with Gasteiger partial charge in [0.2, 0.25) is 0 Å². The third kappa shape index (κ3) is 3.53. The molecule has 0 saturated heterocycles. The number of fused-ring (bicyclic) bond motifs is 1. The van der Waals surface area contributed by atoms with E-state index in [-0.39, 0.29) is 11.1 Å². The minimum atomic E-state index is -0.0211. The molecule has 4 heteroatoms. The highest BCUT2D eigenvalue weighted by Crippen LogP contribution is 2.55. The summed E-state index contributed by atoms with van der Waals surface area (Å²) in [5, 5.41) is 4.27. The van der Waals surface area contributed by atoms with Gasteiger partial charge in [0.1, 0.15) is 5.76 Å². The maximum atomic E-state index is 6.06. The highest BCUT2D eigenvalue weighted by Gasteiger charge is 2.51. The zero-order chi connectivity index (χ0) is 17.0. The summed E-state index contributed by atoms with van der Waals surface area (Å²) in [6, 6.07) is 0.